The molecule has 1 N–H and O–H groups in total. The number of thioether (sulfide) groups is 1. The lowest BCUT2D eigenvalue weighted by molar-refractivity contribution is 0.151. The van der Waals surface area contributed by atoms with Gasteiger partial charge in [-0.25, -0.2) is 0 Å². The maximum atomic E-state index is 10.7. The average Bonchev–Trinajstić information content (AvgIpc) is 2.38. The molecule has 1 aromatic carbocycles. The Hall–Kier alpha value is -0.870. The van der Waals surface area contributed by atoms with Gasteiger partial charge in [-0.15, -0.1) is 0 Å². The maximum Gasteiger partial charge on any atom is 0.166 e. The summed E-state index contributed by atoms with van der Waals surface area (Å²) in [7, 11) is 3.26. The summed E-state index contributed by atoms with van der Waals surface area (Å²) < 4.78 is 10.9. The topological polar surface area (TPSA) is 38.7 Å². The summed E-state index contributed by atoms with van der Waals surface area (Å²) in [6.45, 7) is 6.35. The van der Waals surface area contributed by atoms with E-state index in [9.17, 15) is 5.11 Å². The van der Waals surface area contributed by atoms with Crippen molar-refractivity contribution in [1.82, 2.24) is 0 Å². The van der Waals surface area contributed by atoms with Crippen LogP contribution in [0.2, 0.25) is 0 Å². The number of hydrogen-bond acceptors (Lipinski definition) is 4. The average molecular weight is 282 g/mol. The highest BCUT2D eigenvalue weighted by molar-refractivity contribution is 7.99. The molecule has 2 unspecified atom stereocenters. The van der Waals surface area contributed by atoms with Gasteiger partial charge in [0.2, 0.25) is 0 Å². The summed E-state index contributed by atoms with van der Waals surface area (Å²) >= 11 is 1.82. The molecule has 1 aromatic rings. The Balaban J connectivity index is 2.59. The van der Waals surface area contributed by atoms with E-state index in [1.54, 1.807) is 14.2 Å². The number of aliphatic hydroxyl groups is 1. The van der Waals surface area contributed by atoms with E-state index < -0.39 is 6.10 Å². The van der Waals surface area contributed by atoms with Gasteiger partial charge in [-0.3, -0.25) is 0 Å². The standard InChI is InChI=1S/C15H22O3S/c1-8(2)15-13(16)12-10(7-19-15)9(3)6-11(17-4)14(12)18-5/h6,8,13,15-16H,7H2,1-5H3. The monoisotopic (exact) mass is 282 g/mol. The van der Waals surface area contributed by atoms with Crippen LogP contribution in [0.4, 0.5) is 0 Å². The van der Waals surface area contributed by atoms with Crippen LogP contribution in [0.3, 0.4) is 0 Å². The predicted molar refractivity (Wildman–Crippen MR) is 79.2 cm³/mol. The SMILES string of the molecule is COc1cc(C)c2c(c1OC)C(O)C(C(C)C)SC2. The second-order valence-corrected chi connectivity index (χ2v) is 6.45. The van der Waals surface area contributed by atoms with Crippen LogP contribution in [0.25, 0.3) is 0 Å². The lowest BCUT2D eigenvalue weighted by Crippen LogP contribution is -2.27. The predicted octanol–water partition coefficient (Wildman–Crippen LogP) is 3.32. The molecule has 0 fully saturated rings. The minimum atomic E-state index is -0.502. The van der Waals surface area contributed by atoms with Gasteiger partial charge in [-0.2, -0.15) is 11.8 Å². The van der Waals surface area contributed by atoms with Crippen LogP contribution in [0.5, 0.6) is 11.5 Å². The van der Waals surface area contributed by atoms with E-state index in [4.69, 9.17) is 9.47 Å². The number of methoxy groups -OCH3 is 2. The van der Waals surface area contributed by atoms with E-state index in [0.717, 1.165) is 16.9 Å². The van der Waals surface area contributed by atoms with Crippen LogP contribution < -0.4 is 9.47 Å². The van der Waals surface area contributed by atoms with Crippen LogP contribution in [-0.4, -0.2) is 24.6 Å². The molecule has 2 rings (SSSR count). The van der Waals surface area contributed by atoms with Crippen molar-refractivity contribution in [2.24, 2.45) is 5.92 Å². The Kier molecular flexibility index (Phi) is 4.31. The van der Waals surface area contributed by atoms with Crippen molar-refractivity contribution in [2.75, 3.05) is 14.2 Å². The van der Waals surface area contributed by atoms with E-state index in [-0.39, 0.29) is 5.25 Å². The van der Waals surface area contributed by atoms with Crippen molar-refractivity contribution in [3.8, 4) is 11.5 Å². The molecule has 0 bridgehead atoms. The molecule has 0 spiro atoms. The summed E-state index contributed by atoms with van der Waals surface area (Å²) in [5.74, 6) is 2.72. The number of rotatable bonds is 3. The minimum absolute atomic E-state index is 0.202. The fourth-order valence-corrected chi connectivity index (χ4v) is 4.14. The first kappa shape index (κ1) is 14.5. The van der Waals surface area contributed by atoms with E-state index in [2.05, 4.69) is 20.8 Å². The molecule has 2 atom stereocenters. The molecule has 1 heterocycles. The lowest BCUT2D eigenvalue weighted by Gasteiger charge is -2.34. The number of aryl methyl sites for hydroxylation is 1. The third kappa shape index (κ3) is 2.43. The van der Waals surface area contributed by atoms with E-state index in [1.807, 2.05) is 17.8 Å². The Labute approximate surface area is 119 Å². The van der Waals surface area contributed by atoms with Crippen molar-refractivity contribution in [1.29, 1.82) is 0 Å². The first-order valence-corrected chi connectivity index (χ1v) is 7.60. The van der Waals surface area contributed by atoms with Gasteiger partial charge in [-0.1, -0.05) is 13.8 Å². The molecule has 0 aliphatic carbocycles. The highest BCUT2D eigenvalue weighted by Gasteiger charge is 2.35. The Morgan fingerprint density at radius 3 is 2.53 bits per heavy atom. The van der Waals surface area contributed by atoms with Gasteiger partial charge in [0.25, 0.3) is 0 Å². The summed E-state index contributed by atoms with van der Waals surface area (Å²) in [6, 6.07) is 1.99. The van der Waals surface area contributed by atoms with Crippen LogP contribution in [0, 0.1) is 12.8 Å². The number of ether oxygens (including phenoxy) is 2. The molecule has 1 aliphatic rings. The van der Waals surface area contributed by atoms with Gasteiger partial charge in [0, 0.05) is 16.6 Å². The number of fused-ring (bicyclic) bond motifs is 1. The maximum absolute atomic E-state index is 10.7. The summed E-state index contributed by atoms with van der Waals surface area (Å²) in [5, 5.41) is 10.9. The molecule has 1 aliphatic heterocycles. The molecule has 0 aromatic heterocycles. The minimum Gasteiger partial charge on any atom is -0.493 e. The fraction of sp³-hybridized carbons (Fsp3) is 0.600. The first-order valence-electron chi connectivity index (χ1n) is 6.55. The zero-order chi connectivity index (χ0) is 14.2. The molecule has 4 heteroatoms. The molecule has 3 nitrogen and oxygen atoms in total. The zero-order valence-corrected chi connectivity index (χ0v) is 13.0. The first-order chi connectivity index (χ1) is 9.01. The van der Waals surface area contributed by atoms with Crippen LogP contribution in [0.15, 0.2) is 6.07 Å². The quantitative estimate of drug-likeness (QED) is 0.923. The largest absolute Gasteiger partial charge is 0.493 e. The third-order valence-electron chi connectivity index (χ3n) is 3.73. The normalized spacial score (nSPS) is 22.3. The van der Waals surface area contributed by atoms with E-state index in [0.29, 0.717) is 17.4 Å². The van der Waals surface area contributed by atoms with Gasteiger partial charge in [0.05, 0.1) is 20.3 Å². The van der Waals surface area contributed by atoms with E-state index in [1.165, 1.54) is 5.56 Å². The van der Waals surface area contributed by atoms with Crippen LogP contribution >= 0.6 is 11.8 Å². The summed E-state index contributed by atoms with van der Waals surface area (Å²) in [4.78, 5) is 0. The number of aliphatic hydroxyl groups excluding tert-OH is 1. The Bertz CT molecular complexity index is 471. The molecule has 0 radical (unpaired) electrons. The smallest absolute Gasteiger partial charge is 0.166 e. The molecule has 0 saturated heterocycles. The van der Waals surface area contributed by atoms with Crippen LogP contribution in [0.1, 0.15) is 36.6 Å². The van der Waals surface area contributed by atoms with Crippen molar-refractivity contribution in [2.45, 2.75) is 37.9 Å². The van der Waals surface area contributed by atoms with Crippen molar-refractivity contribution in [3.05, 3.63) is 22.8 Å². The van der Waals surface area contributed by atoms with Crippen LogP contribution in [-0.2, 0) is 5.75 Å². The summed E-state index contributed by atoms with van der Waals surface area (Å²) in [5.41, 5.74) is 3.25. The molecular weight excluding hydrogens is 260 g/mol. The molecule has 0 amide bonds. The second kappa shape index (κ2) is 5.63. The van der Waals surface area contributed by atoms with Gasteiger partial charge < -0.3 is 14.6 Å². The van der Waals surface area contributed by atoms with Crippen molar-refractivity contribution in [3.63, 3.8) is 0 Å². The van der Waals surface area contributed by atoms with Crippen molar-refractivity contribution >= 4 is 11.8 Å². The van der Waals surface area contributed by atoms with Gasteiger partial charge >= 0.3 is 0 Å². The van der Waals surface area contributed by atoms with Crippen molar-refractivity contribution < 1.29 is 14.6 Å². The highest BCUT2D eigenvalue weighted by Crippen LogP contribution is 2.49. The lowest BCUT2D eigenvalue weighted by atomic mass is 9.91. The second-order valence-electron chi connectivity index (χ2n) is 5.29. The van der Waals surface area contributed by atoms with Gasteiger partial charge in [-0.05, 0) is 30.0 Å². The summed E-state index contributed by atoms with van der Waals surface area (Å²) in [6.07, 6.45) is -0.502. The third-order valence-corrected chi connectivity index (χ3v) is 5.37. The molecule has 106 valence electrons. The van der Waals surface area contributed by atoms with E-state index >= 15 is 0 Å². The Morgan fingerprint density at radius 1 is 1.32 bits per heavy atom. The van der Waals surface area contributed by atoms with Gasteiger partial charge in [0.15, 0.2) is 11.5 Å². The number of benzene rings is 1. The molecule has 0 saturated carbocycles. The molecular formula is C15H22O3S. The zero-order valence-electron chi connectivity index (χ0n) is 12.2. The fourth-order valence-electron chi connectivity index (χ4n) is 2.69. The Morgan fingerprint density at radius 2 is 2.00 bits per heavy atom. The molecule has 19 heavy (non-hydrogen) atoms. The number of hydrogen-bond donors (Lipinski definition) is 1. The highest BCUT2D eigenvalue weighted by atomic mass is 32.2. The van der Waals surface area contributed by atoms with Gasteiger partial charge in [0.1, 0.15) is 0 Å².